The van der Waals surface area contributed by atoms with Gasteiger partial charge in [-0.05, 0) is 44.0 Å². The third kappa shape index (κ3) is 6.93. The van der Waals surface area contributed by atoms with E-state index in [-0.39, 0.29) is 30.2 Å². The minimum atomic E-state index is -0.602. The lowest BCUT2D eigenvalue weighted by atomic mass is 10.1. The zero-order chi connectivity index (χ0) is 22.1. The number of nitrogens with one attached hydrogen (secondary N) is 1. The molecule has 0 fully saturated rings. The Kier molecular flexibility index (Phi) is 10.0. The summed E-state index contributed by atoms with van der Waals surface area (Å²) < 4.78 is 0. The van der Waals surface area contributed by atoms with Crippen molar-refractivity contribution < 1.29 is 9.59 Å². The summed E-state index contributed by atoms with van der Waals surface area (Å²) in [7, 11) is 0. The van der Waals surface area contributed by atoms with Crippen LogP contribution in [0.3, 0.4) is 0 Å². The van der Waals surface area contributed by atoms with Gasteiger partial charge >= 0.3 is 0 Å². The molecule has 2 aromatic carbocycles. The molecule has 7 heteroatoms. The molecule has 0 saturated carbocycles. The summed E-state index contributed by atoms with van der Waals surface area (Å²) in [5.74, 6) is -0.0711. The second kappa shape index (κ2) is 12.2. The summed E-state index contributed by atoms with van der Waals surface area (Å²) >= 11 is 14.2. The highest BCUT2D eigenvalue weighted by Crippen LogP contribution is 2.28. The fourth-order valence-corrected chi connectivity index (χ4v) is 4.28. The Morgan fingerprint density at radius 3 is 2.20 bits per heavy atom. The highest BCUT2D eigenvalue weighted by atomic mass is 35.5. The normalized spacial score (nSPS) is 12.8. The standard InChI is InChI=1S/C23H28Cl2N2O2S/c1-4-16(3)26-23(29)21(5-2)27(14-18-19(24)12-9-13-20(18)25)22(28)15-30-17-10-7-6-8-11-17/h6-13,16,21H,4-5,14-15H2,1-3H3,(H,26,29)/t16-,21+/m0/s1. The van der Waals surface area contributed by atoms with E-state index in [1.165, 1.54) is 11.8 Å². The third-order valence-electron chi connectivity index (χ3n) is 4.88. The predicted octanol–water partition coefficient (Wildman–Crippen LogP) is 5.81. The SMILES string of the molecule is CC[C@H](C(=O)N[C@@H](C)CC)N(Cc1c(Cl)cccc1Cl)C(=O)CSc1ccccc1. The summed E-state index contributed by atoms with van der Waals surface area (Å²) in [6, 6.07) is 14.4. The number of hydrogen-bond donors (Lipinski definition) is 1. The van der Waals surface area contributed by atoms with Crippen LogP contribution in [-0.4, -0.2) is 34.6 Å². The second-order valence-electron chi connectivity index (χ2n) is 7.07. The van der Waals surface area contributed by atoms with E-state index in [4.69, 9.17) is 23.2 Å². The molecule has 2 amide bonds. The first kappa shape index (κ1) is 24.6. The molecule has 2 aromatic rings. The molecular weight excluding hydrogens is 439 g/mol. The molecule has 2 rings (SSSR count). The molecular formula is C23H28Cl2N2O2S. The zero-order valence-corrected chi connectivity index (χ0v) is 19.9. The van der Waals surface area contributed by atoms with Gasteiger partial charge < -0.3 is 10.2 Å². The Morgan fingerprint density at radius 2 is 1.63 bits per heavy atom. The molecule has 0 bridgehead atoms. The first-order valence-corrected chi connectivity index (χ1v) is 11.8. The second-order valence-corrected chi connectivity index (χ2v) is 8.93. The summed E-state index contributed by atoms with van der Waals surface area (Å²) in [5, 5.41) is 3.96. The number of carbonyl (C=O) groups excluding carboxylic acids is 2. The van der Waals surface area contributed by atoms with Crippen molar-refractivity contribution in [2.75, 3.05) is 5.75 Å². The predicted molar refractivity (Wildman–Crippen MR) is 126 cm³/mol. The van der Waals surface area contributed by atoms with Gasteiger partial charge in [-0.3, -0.25) is 9.59 Å². The van der Waals surface area contributed by atoms with Crippen LogP contribution in [0.2, 0.25) is 10.0 Å². The Morgan fingerprint density at radius 1 is 1.00 bits per heavy atom. The lowest BCUT2D eigenvalue weighted by Crippen LogP contribution is -2.51. The van der Waals surface area contributed by atoms with Crippen LogP contribution < -0.4 is 5.32 Å². The Hall–Kier alpha value is -1.69. The molecule has 0 unspecified atom stereocenters. The van der Waals surface area contributed by atoms with E-state index in [2.05, 4.69) is 5.32 Å². The van der Waals surface area contributed by atoms with Crippen LogP contribution in [0.25, 0.3) is 0 Å². The first-order valence-electron chi connectivity index (χ1n) is 10.1. The van der Waals surface area contributed by atoms with Crippen molar-refractivity contribution in [2.24, 2.45) is 0 Å². The molecule has 0 aliphatic heterocycles. The molecule has 0 heterocycles. The van der Waals surface area contributed by atoms with Gasteiger partial charge in [-0.2, -0.15) is 0 Å². The third-order valence-corrected chi connectivity index (χ3v) is 6.59. The average molecular weight is 467 g/mol. The monoisotopic (exact) mass is 466 g/mol. The average Bonchev–Trinajstić information content (AvgIpc) is 2.74. The topological polar surface area (TPSA) is 49.4 Å². The van der Waals surface area contributed by atoms with Crippen LogP contribution in [0.4, 0.5) is 0 Å². The van der Waals surface area contributed by atoms with Crippen molar-refractivity contribution in [3.05, 3.63) is 64.1 Å². The summed E-state index contributed by atoms with van der Waals surface area (Å²) in [5.41, 5.74) is 0.647. The van der Waals surface area contributed by atoms with Crippen LogP contribution in [0.15, 0.2) is 53.4 Å². The lowest BCUT2D eigenvalue weighted by molar-refractivity contribution is -0.139. The number of nitrogens with zero attached hydrogens (tertiary/aromatic N) is 1. The van der Waals surface area contributed by atoms with Crippen molar-refractivity contribution in [2.45, 2.75) is 57.1 Å². The van der Waals surface area contributed by atoms with Gasteiger partial charge in [0, 0.05) is 33.1 Å². The van der Waals surface area contributed by atoms with Crippen molar-refractivity contribution in [1.29, 1.82) is 0 Å². The summed E-state index contributed by atoms with van der Waals surface area (Å²) in [4.78, 5) is 28.8. The van der Waals surface area contributed by atoms with Gasteiger partial charge in [0.25, 0.3) is 0 Å². The maximum absolute atomic E-state index is 13.2. The molecule has 0 aliphatic carbocycles. The van der Waals surface area contributed by atoms with Crippen LogP contribution in [0.1, 0.15) is 39.2 Å². The van der Waals surface area contributed by atoms with Crippen molar-refractivity contribution in [3.8, 4) is 0 Å². The van der Waals surface area contributed by atoms with Crippen molar-refractivity contribution in [1.82, 2.24) is 10.2 Å². The highest BCUT2D eigenvalue weighted by molar-refractivity contribution is 8.00. The molecule has 0 aliphatic rings. The zero-order valence-electron chi connectivity index (χ0n) is 17.5. The fraction of sp³-hybridized carbons (Fsp3) is 0.391. The molecule has 30 heavy (non-hydrogen) atoms. The molecule has 2 atom stereocenters. The summed E-state index contributed by atoms with van der Waals surface area (Å²) in [6.07, 6.45) is 1.31. The molecule has 1 N–H and O–H groups in total. The van der Waals surface area contributed by atoms with E-state index in [9.17, 15) is 9.59 Å². The van der Waals surface area contributed by atoms with Crippen LogP contribution in [-0.2, 0) is 16.1 Å². The van der Waals surface area contributed by atoms with E-state index >= 15 is 0 Å². The van der Waals surface area contributed by atoms with E-state index < -0.39 is 6.04 Å². The quantitative estimate of drug-likeness (QED) is 0.449. The van der Waals surface area contributed by atoms with E-state index in [0.29, 0.717) is 22.0 Å². The number of rotatable bonds is 10. The van der Waals surface area contributed by atoms with Gasteiger partial charge in [-0.25, -0.2) is 0 Å². The van der Waals surface area contributed by atoms with Crippen molar-refractivity contribution >= 4 is 46.8 Å². The largest absolute Gasteiger partial charge is 0.352 e. The number of hydrogen-bond acceptors (Lipinski definition) is 3. The van der Waals surface area contributed by atoms with Gasteiger partial charge in [-0.1, -0.05) is 61.3 Å². The molecule has 4 nitrogen and oxygen atoms in total. The Balaban J connectivity index is 2.27. The molecule has 0 saturated heterocycles. The Labute approximate surface area is 193 Å². The van der Waals surface area contributed by atoms with Gasteiger partial charge in [-0.15, -0.1) is 11.8 Å². The van der Waals surface area contributed by atoms with E-state index in [1.54, 1.807) is 23.1 Å². The molecule has 0 radical (unpaired) electrons. The maximum atomic E-state index is 13.2. The number of amides is 2. The summed E-state index contributed by atoms with van der Waals surface area (Å²) in [6.45, 7) is 6.04. The van der Waals surface area contributed by atoms with Crippen molar-refractivity contribution in [3.63, 3.8) is 0 Å². The van der Waals surface area contributed by atoms with Gasteiger partial charge in [0.2, 0.25) is 11.8 Å². The first-order chi connectivity index (χ1) is 14.4. The molecule has 0 aromatic heterocycles. The van der Waals surface area contributed by atoms with Crippen LogP contribution >= 0.6 is 35.0 Å². The number of thioether (sulfide) groups is 1. The highest BCUT2D eigenvalue weighted by Gasteiger charge is 2.30. The fourth-order valence-electron chi connectivity index (χ4n) is 2.96. The molecule has 0 spiro atoms. The maximum Gasteiger partial charge on any atom is 0.243 e. The Bertz CT molecular complexity index is 828. The van der Waals surface area contributed by atoms with Gasteiger partial charge in [0.15, 0.2) is 0 Å². The van der Waals surface area contributed by atoms with E-state index in [0.717, 1.165) is 11.3 Å². The lowest BCUT2D eigenvalue weighted by Gasteiger charge is -2.32. The smallest absolute Gasteiger partial charge is 0.243 e. The minimum absolute atomic E-state index is 0.0334. The number of halogens is 2. The van der Waals surface area contributed by atoms with Crippen LogP contribution in [0.5, 0.6) is 0 Å². The van der Waals surface area contributed by atoms with Gasteiger partial charge in [0.1, 0.15) is 6.04 Å². The van der Waals surface area contributed by atoms with E-state index in [1.807, 2.05) is 51.1 Å². The number of benzene rings is 2. The van der Waals surface area contributed by atoms with Crippen LogP contribution in [0, 0.1) is 0 Å². The number of carbonyl (C=O) groups is 2. The van der Waals surface area contributed by atoms with Gasteiger partial charge in [0.05, 0.1) is 5.75 Å². The molecule has 162 valence electrons. The minimum Gasteiger partial charge on any atom is -0.352 e.